The summed E-state index contributed by atoms with van der Waals surface area (Å²) in [5.74, 6) is -0.272. The zero-order valence-corrected chi connectivity index (χ0v) is 11.7. The smallest absolute Gasteiger partial charge is 0.338 e. The fraction of sp³-hybridized carbons (Fsp3) is 0.462. The van der Waals surface area contributed by atoms with Gasteiger partial charge in [0, 0.05) is 5.33 Å². The first-order valence-electron chi connectivity index (χ1n) is 5.18. The molecule has 0 atom stereocenters. The summed E-state index contributed by atoms with van der Waals surface area (Å²) in [7, 11) is 1.41. The Balaban J connectivity index is 3.33. The van der Waals surface area contributed by atoms with Crippen LogP contribution in [0.1, 0.15) is 42.3 Å². The first kappa shape index (κ1) is 13.2. The highest BCUT2D eigenvalue weighted by Crippen LogP contribution is 2.28. The molecule has 16 heavy (non-hydrogen) atoms. The minimum atomic E-state index is -0.272. The molecule has 0 radical (unpaired) electrons. The van der Waals surface area contributed by atoms with E-state index in [0.29, 0.717) is 5.56 Å². The lowest BCUT2D eigenvalue weighted by Gasteiger charge is -2.22. The van der Waals surface area contributed by atoms with Crippen LogP contribution in [0.3, 0.4) is 0 Å². The van der Waals surface area contributed by atoms with Crippen LogP contribution in [-0.2, 0) is 15.5 Å². The summed E-state index contributed by atoms with van der Waals surface area (Å²) in [5.41, 5.74) is 2.77. The number of benzene rings is 1. The van der Waals surface area contributed by atoms with E-state index in [4.69, 9.17) is 4.74 Å². The van der Waals surface area contributed by atoms with Crippen LogP contribution in [0.2, 0.25) is 0 Å². The number of ether oxygens (including phenoxy) is 1. The van der Waals surface area contributed by atoms with Crippen molar-refractivity contribution in [3.05, 3.63) is 34.9 Å². The van der Waals surface area contributed by atoms with Gasteiger partial charge in [0.2, 0.25) is 0 Å². The molecule has 1 rings (SSSR count). The van der Waals surface area contributed by atoms with E-state index in [9.17, 15) is 4.79 Å². The molecular weight excluding hydrogens is 268 g/mol. The number of carbonyl (C=O) groups excluding carboxylic acids is 1. The van der Waals surface area contributed by atoms with Crippen LogP contribution < -0.4 is 0 Å². The predicted octanol–water partition coefficient (Wildman–Crippen LogP) is 3.67. The molecule has 0 saturated heterocycles. The largest absolute Gasteiger partial charge is 0.465 e. The summed E-state index contributed by atoms with van der Waals surface area (Å²) in [6.07, 6.45) is 0. The van der Waals surface area contributed by atoms with Crippen molar-refractivity contribution in [1.29, 1.82) is 0 Å². The number of hydrogen-bond acceptors (Lipinski definition) is 2. The molecule has 2 nitrogen and oxygen atoms in total. The molecule has 1 aromatic carbocycles. The minimum absolute atomic E-state index is 0.0678. The van der Waals surface area contributed by atoms with E-state index in [0.717, 1.165) is 16.5 Å². The summed E-state index contributed by atoms with van der Waals surface area (Å²) in [6, 6.07) is 5.83. The molecule has 0 unspecified atom stereocenters. The number of methoxy groups -OCH3 is 1. The van der Waals surface area contributed by atoms with E-state index < -0.39 is 0 Å². The summed E-state index contributed by atoms with van der Waals surface area (Å²) in [4.78, 5) is 11.6. The van der Waals surface area contributed by atoms with E-state index in [2.05, 4.69) is 42.8 Å². The average Bonchev–Trinajstić information content (AvgIpc) is 2.26. The van der Waals surface area contributed by atoms with Gasteiger partial charge in [0.1, 0.15) is 0 Å². The molecule has 1 aromatic rings. The standard InChI is InChI=1S/C13H17BrO2/c1-13(2,3)11-7-9(8-14)5-6-10(11)12(15)16-4/h5-7H,8H2,1-4H3. The van der Waals surface area contributed by atoms with E-state index in [1.165, 1.54) is 7.11 Å². The van der Waals surface area contributed by atoms with Crippen LogP contribution in [0.15, 0.2) is 18.2 Å². The van der Waals surface area contributed by atoms with Crippen LogP contribution in [0, 0.1) is 0 Å². The van der Waals surface area contributed by atoms with Gasteiger partial charge in [0.05, 0.1) is 12.7 Å². The van der Waals surface area contributed by atoms with Gasteiger partial charge in [0.15, 0.2) is 0 Å². The third kappa shape index (κ3) is 2.85. The highest BCUT2D eigenvalue weighted by molar-refractivity contribution is 9.08. The van der Waals surface area contributed by atoms with Crippen LogP contribution in [0.4, 0.5) is 0 Å². The van der Waals surface area contributed by atoms with Gasteiger partial charge in [-0.2, -0.15) is 0 Å². The summed E-state index contributed by atoms with van der Waals surface area (Å²) in [6.45, 7) is 6.27. The highest BCUT2D eigenvalue weighted by atomic mass is 79.9. The van der Waals surface area contributed by atoms with Gasteiger partial charge in [-0.25, -0.2) is 4.79 Å². The lowest BCUT2D eigenvalue weighted by molar-refractivity contribution is 0.0598. The molecule has 0 aliphatic heterocycles. The van der Waals surface area contributed by atoms with Gasteiger partial charge >= 0.3 is 5.97 Å². The summed E-state index contributed by atoms with van der Waals surface area (Å²) >= 11 is 3.42. The third-order valence-electron chi connectivity index (χ3n) is 2.45. The Morgan fingerprint density at radius 3 is 2.44 bits per heavy atom. The maximum absolute atomic E-state index is 11.6. The Morgan fingerprint density at radius 1 is 1.38 bits per heavy atom. The Labute approximate surface area is 105 Å². The van der Waals surface area contributed by atoms with E-state index in [-0.39, 0.29) is 11.4 Å². The highest BCUT2D eigenvalue weighted by Gasteiger charge is 2.22. The van der Waals surface area contributed by atoms with Crippen molar-refractivity contribution in [2.75, 3.05) is 7.11 Å². The molecule has 0 heterocycles. The molecule has 88 valence electrons. The molecule has 0 fully saturated rings. The van der Waals surface area contributed by atoms with Crippen molar-refractivity contribution >= 4 is 21.9 Å². The van der Waals surface area contributed by atoms with Gasteiger partial charge < -0.3 is 4.74 Å². The van der Waals surface area contributed by atoms with Gasteiger partial charge in [-0.05, 0) is 22.6 Å². The lowest BCUT2D eigenvalue weighted by atomic mass is 9.83. The number of rotatable bonds is 2. The monoisotopic (exact) mass is 284 g/mol. The zero-order valence-electron chi connectivity index (χ0n) is 10.1. The molecule has 0 aliphatic rings. The topological polar surface area (TPSA) is 26.3 Å². The van der Waals surface area contributed by atoms with Crippen molar-refractivity contribution < 1.29 is 9.53 Å². The van der Waals surface area contributed by atoms with Crippen molar-refractivity contribution in [3.8, 4) is 0 Å². The van der Waals surface area contributed by atoms with E-state index in [1.54, 1.807) is 0 Å². The van der Waals surface area contributed by atoms with Crippen LogP contribution in [0.25, 0.3) is 0 Å². The molecule has 0 spiro atoms. The minimum Gasteiger partial charge on any atom is -0.465 e. The van der Waals surface area contributed by atoms with E-state index >= 15 is 0 Å². The molecule has 0 saturated carbocycles. The molecule has 0 amide bonds. The first-order valence-corrected chi connectivity index (χ1v) is 6.30. The maximum Gasteiger partial charge on any atom is 0.338 e. The lowest BCUT2D eigenvalue weighted by Crippen LogP contribution is -2.18. The summed E-state index contributed by atoms with van der Waals surface area (Å²) < 4.78 is 4.79. The van der Waals surface area contributed by atoms with Crippen molar-refractivity contribution in [1.82, 2.24) is 0 Å². The number of carbonyl (C=O) groups is 1. The SMILES string of the molecule is COC(=O)c1ccc(CBr)cc1C(C)(C)C. The second-order valence-electron chi connectivity index (χ2n) is 4.76. The second kappa shape index (κ2) is 5.00. The summed E-state index contributed by atoms with van der Waals surface area (Å²) in [5, 5.41) is 0.789. The maximum atomic E-state index is 11.6. The van der Waals surface area contributed by atoms with Gasteiger partial charge in [-0.3, -0.25) is 0 Å². The molecule has 0 N–H and O–H groups in total. The normalized spacial score (nSPS) is 11.3. The van der Waals surface area contributed by atoms with Crippen LogP contribution in [0.5, 0.6) is 0 Å². The number of alkyl halides is 1. The molecular formula is C13H17BrO2. The van der Waals surface area contributed by atoms with Gasteiger partial charge in [0.25, 0.3) is 0 Å². The van der Waals surface area contributed by atoms with Crippen LogP contribution in [-0.4, -0.2) is 13.1 Å². The Bertz CT molecular complexity index is 391. The van der Waals surface area contributed by atoms with Gasteiger partial charge in [-0.1, -0.05) is 48.8 Å². The van der Waals surface area contributed by atoms with Crippen LogP contribution >= 0.6 is 15.9 Å². The first-order chi connectivity index (χ1) is 7.40. The number of halogens is 1. The third-order valence-corrected chi connectivity index (χ3v) is 3.10. The Kier molecular flexibility index (Phi) is 4.14. The fourth-order valence-corrected chi connectivity index (χ4v) is 1.93. The zero-order chi connectivity index (χ0) is 12.3. The number of esters is 1. The number of hydrogen-bond donors (Lipinski definition) is 0. The molecule has 0 aliphatic carbocycles. The average molecular weight is 285 g/mol. The molecule has 0 aromatic heterocycles. The molecule has 0 bridgehead atoms. The molecule has 3 heteroatoms. The van der Waals surface area contributed by atoms with E-state index in [1.807, 2.05) is 12.1 Å². The second-order valence-corrected chi connectivity index (χ2v) is 5.32. The van der Waals surface area contributed by atoms with Crippen molar-refractivity contribution in [2.24, 2.45) is 0 Å². The Morgan fingerprint density at radius 2 is 2.00 bits per heavy atom. The van der Waals surface area contributed by atoms with Crippen molar-refractivity contribution in [2.45, 2.75) is 31.5 Å². The quantitative estimate of drug-likeness (QED) is 0.612. The van der Waals surface area contributed by atoms with Gasteiger partial charge in [-0.15, -0.1) is 0 Å². The van der Waals surface area contributed by atoms with Crippen molar-refractivity contribution in [3.63, 3.8) is 0 Å². The Hall–Kier alpha value is -0.830. The predicted molar refractivity (Wildman–Crippen MR) is 69.1 cm³/mol. The fourth-order valence-electron chi connectivity index (χ4n) is 1.58.